The van der Waals surface area contributed by atoms with Gasteiger partial charge < -0.3 is 34.9 Å². The molecule has 1 fully saturated rings. The summed E-state index contributed by atoms with van der Waals surface area (Å²) >= 11 is 0. The number of hydrogen-bond acceptors (Lipinski definition) is 9. The predicted octanol–water partition coefficient (Wildman–Crippen LogP) is 3.48. The van der Waals surface area contributed by atoms with Crippen LogP contribution in [0, 0.1) is 5.92 Å². The minimum absolute atomic E-state index is 0.0692. The number of hydrogen-bond donors (Lipinski definition) is 3. The van der Waals surface area contributed by atoms with Gasteiger partial charge in [0.05, 0.1) is 32.8 Å². The van der Waals surface area contributed by atoms with Crippen molar-refractivity contribution >= 4 is 29.3 Å². The number of piperidine rings is 1. The molecule has 38 heavy (non-hydrogen) atoms. The molecule has 0 saturated carbocycles. The molecule has 1 amide bonds. The van der Waals surface area contributed by atoms with E-state index in [-0.39, 0.29) is 23.9 Å². The first-order valence-electron chi connectivity index (χ1n) is 12.2. The van der Waals surface area contributed by atoms with Crippen molar-refractivity contribution in [3.63, 3.8) is 0 Å². The normalized spacial score (nSPS) is 14.9. The van der Waals surface area contributed by atoms with E-state index in [1.54, 1.807) is 57.9 Å². The van der Waals surface area contributed by atoms with Crippen molar-refractivity contribution in [2.45, 2.75) is 19.4 Å². The Morgan fingerprint density at radius 3 is 2.53 bits per heavy atom. The van der Waals surface area contributed by atoms with Crippen LogP contribution in [-0.2, 0) is 11.3 Å². The molecule has 200 valence electrons. The number of nitrogens with one attached hydrogen (secondary N) is 2. The highest BCUT2D eigenvalue weighted by atomic mass is 16.5. The number of carbonyl (C=O) groups is 2. The van der Waals surface area contributed by atoms with E-state index in [4.69, 9.17) is 14.2 Å². The summed E-state index contributed by atoms with van der Waals surface area (Å²) in [6.45, 7) is 1.56. The lowest BCUT2D eigenvalue weighted by atomic mass is 9.97. The molecule has 1 aromatic heterocycles. The highest BCUT2D eigenvalue weighted by molar-refractivity contribution is 5.87. The van der Waals surface area contributed by atoms with Gasteiger partial charge in [-0.2, -0.15) is 4.98 Å². The van der Waals surface area contributed by atoms with Gasteiger partial charge in [-0.15, -0.1) is 0 Å². The molecular formula is C27H31N5O6. The van der Waals surface area contributed by atoms with Gasteiger partial charge >= 0.3 is 5.97 Å². The number of carboxylic acids is 1. The van der Waals surface area contributed by atoms with Crippen molar-refractivity contribution < 1.29 is 28.9 Å². The van der Waals surface area contributed by atoms with E-state index in [2.05, 4.69) is 25.5 Å². The zero-order valence-electron chi connectivity index (χ0n) is 21.6. The number of rotatable bonds is 10. The highest BCUT2D eigenvalue weighted by Gasteiger charge is 2.27. The third-order valence-corrected chi connectivity index (χ3v) is 6.32. The Hall–Kier alpha value is -4.54. The van der Waals surface area contributed by atoms with Crippen LogP contribution in [-0.4, -0.2) is 61.4 Å². The van der Waals surface area contributed by atoms with Crippen molar-refractivity contribution in [2.75, 3.05) is 44.6 Å². The zero-order valence-corrected chi connectivity index (χ0v) is 21.6. The summed E-state index contributed by atoms with van der Waals surface area (Å²) in [6.07, 6.45) is 3.27. The lowest BCUT2D eigenvalue weighted by Gasteiger charge is -2.33. The fourth-order valence-corrected chi connectivity index (χ4v) is 4.41. The van der Waals surface area contributed by atoms with Crippen molar-refractivity contribution in [2.24, 2.45) is 5.92 Å². The fourth-order valence-electron chi connectivity index (χ4n) is 4.41. The Morgan fingerprint density at radius 2 is 1.84 bits per heavy atom. The summed E-state index contributed by atoms with van der Waals surface area (Å²) < 4.78 is 16.2. The summed E-state index contributed by atoms with van der Waals surface area (Å²) in [7, 11) is 4.64. The number of carbonyl (C=O) groups excluding carboxylic acids is 1. The summed E-state index contributed by atoms with van der Waals surface area (Å²) in [5.41, 5.74) is 1.60. The van der Waals surface area contributed by atoms with Gasteiger partial charge in [0.25, 0.3) is 0 Å². The second kappa shape index (κ2) is 12.1. The third-order valence-electron chi connectivity index (χ3n) is 6.32. The van der Waals surface area contributed by atoms with Crippen molar-refractivity contribution in [3.05, 3.63) is 59.8 Å². The maximum Gasteiger partial charge on any atom is 0.335 e. The summed E-state index contributed by atoms with van der Waals surface area (Å²) in [6, 6.07) is 11.9. The number of ether oxygens (including phenoxy) is 3. The van der Waals surface area contributed by atoms with Crippen molar-refractivity contribution in [1.82, 2.24) is 15.3 Å². The Labute approximate surface area is 220 Å². The average molecular weight is 522 g/mol. The minimum Gasteiger partial charge on any atom is -0.493 e. The first kappa shape index (κ1) is 26.5. The van der Waals surface area contributed by atoms with Gasteiger partial charge in [-0.3, -0.25) is 4.79 Å². The van der Waals surface area contributed by atoms with Crippen molar-refractivity contribution in [1.29, 1.82) is 0 Å². The van der Waals surface area contributed by atoms with E-state index < -0.39 is 5.97 Å². The van der Waals surface area contributed by atoms with Gasteiger partial charge in [0.1, 0.15) is 5.82 Å². The molecule has 3 aromatic rings. The highest BCUT2D eigenvalue weighted by Crippen LogP contribution is 2.40. The van der Waals surface area contributed by atoms with E-state index in [9.17, 15) is 14.7 Å². The van der Waals surface area contributed by atoms with Gasteiger partial charge in [0, 0.05) is 43.7 Å². The second-order valence-electron chi connectivity index (χ2n) is 8.79. The first-order valence-corrected chi connectivity index (χ1v) is 12.2. The average Bonchev–Trinajstić information content (AvgIpc) is 2.95. The molecule has 2 heterocycles. The van der Waals surface area contributed by atoms with Crippen LogP contribution in [0.1, 0.15) is 28.8 Å². The van der Waals surface area contributed by atoms with Crippen LogP contribution in [0.15, 0.2) is 48.7 Å². The van der Waals surface area contributed by atoms with Crippen LogP contribution >= 0.6 is 0 Å². The number of methoxy groups -OCH3 is 3. The summed E-state index contributed by atoms with van der Waals surface area (Å²) in [5.74, 6) is 1.32. The molecule has 0 bridgehead atoms. The number of benzene rings is 2. The standard InChI is InChI=1S/C27H31N5O6/c1-36-21-13-20(14-22(37-2)24(21)38-3)30-27-28-10-9-23(31-27)32-11-5-8-19(16-32)25(33)29-15-17-6-4-7-18(12-17)26(34)35/h4,6-7,9-10,12-14,19H,5,8,11,15-16H2,1-3H3,(H,29,33)(H,34,35)(H,28,30,31). The number of carboxylic acid groups (broad SMARTS) is 1. The Balaban J connectivity index is 1.42. The van der Waals surface area contributed by atoms with Crippen LogP contribution < -0.4 is 29.7 Å². The molecule has 11 nitrogen and oxygen atoms in total. The molecule has 4 rings (SSSR count). The van der Waals surface area contributed by atoms with Gasteiger partial charge in [-0.05, 0) is 36.6 Å². The largest absolute Gasteiger partial charge is 0.493 e. The second-order valence-corrected chi connectivity index (χ2v) is 8.79. The van der Waals surface area contributed by atoms with E-state index in [0.29, 0.717) is 41.2 Å². The molecule has 0 radical (unpaired) electrons. The van der Waals surface area contributed by atoms with Gasteiger partial charge in [0.2, 0.25) is 17.6 Å². The molecule has 3 N–H and O–H groups in total. The summed E-state index contributed by atoms with van der Waals surface area (Å²) in [4.78, 5) is 35.2. The van der Waals surface area contributed by atoms with E-state index >= 15 is 0 Å². The van der Waals surface area contributed by atoms with Gasteiger partial charge in [-0.1, -0.05) is 12.1 Å². The Morgan fingerprint density at radius 1 is 1.08 bits per heavy atom. The molecule has 2 aromatic carbocycles. The maximum atomic E-state index is 12.9. The van der Waals surface area contributed by atoms with E-state index in [1.165, 1.54) is 6.07 Å². The molecule has 1 aliphatic rings. The smallest absolute Gasteiger partial charge is 0.335 e. The zero-order chi connectivity index (χ0) is 27.1. The first-order chi connectivity index (χ1) is 18.4. The molecule has 1 aliphatic heterocycles. The van der Waals surface area contributed by atoms with E-state index in [0.717, 1.165) is 24.9 Å². The fraction of sp³-hybridized carbons (Fsp3) is 0.333. The molecule has 1 atom stereocenters. The molecule has 0 aliphatic carbocycles. The number of nitrogens with zero attached hydrogens (tertiary/aromatic N) is 3. The molecule has 0 spiro atoms. The number of amides is 1. The Bertz CT molecular complexity index is 1280. The molecule has 1 unspecified atom stereocenters. The SMILES string of the molecule is COc1cc(Nc2nccc(N3CCCC(C(=O)NCc4cccc(C(=O)O)c4)C3)n2)cc(OC)c1OC. The number of aromatic nitrogens is 2. The van der Waals surface area contributed by atoms with Crippen LogP contribution in [0.4, 0.5) is 17.5 Å². The van der Waals surface area contributed by atoms with Crippen LogP contribution in [0.2, 0.25) is 0 Å². The minimum atomic E-state index is -0.995. The van der Waals surface area contributed by atoms with Crippen LogP contribution in [0.5, 0.6) is 17.2 Å². The number of anilines is 3. The summed E-state index contributed by atoms with van der Waals surface area (Å²) in [5, 5.41) is 15.3. The van der Waals surface area contributed by atoms with Crippen molar-refractivity contribution in [3.8, 4) is 17.2 Å². The third kappa shape index (κ3) is 6.23. The Kier molecular flexibility index (Phi) is 8.47. The van der Waals surface area contributed by atoms with Gasteiger partial charge in [-0.25, -0.2) is 9.78 Å². The lowest BCUT2D eigenvalue weighted by molar-refractivity contribution is -0.125. The number of aromatic carboxylic acids is 1. The molecule has 1 saturated heterocycles. The van der Waals surface area contributed by atoms with E-state index in [1.807, 2.05) is 6.07 Å². The lowest BCUT2D eigenvalue weighted by Crippen LogP contribution is -2.43. The van der Waals surface area contributed by atoms with Crippen LogP contribution in [0.3, 0.4) is 0 Å². The molecule has 11 heteroatoms. The predicted molar refractivity (Wildman–Crippen MR) is 142 cm³/mol. The van der Waals surface area contributed by atoms with Gasteiger partial charge in [0.15, 0.2) is 11.5 Å². The topological polar surface area (TPSA) is 135 Å². The maximum absolute atomic E-state index is 12.9. The monoisotopic (exact) mass is 521 g/mol. The molecular weight excluding hydrogens is 490 g/mol. The van der Waals surface area contributed by atoms with Crippen LogP contribution in [0.25, 0.3) is 0 Å². The quantitative estimate of drug-likeness (QED) is 0.364.